The molecule has 2 aliphatic rings. The molecule has 2 amide bonds. The highest BCUT2D eigenvalue weighted by Crippen LogP contribution is 2.15. The van der Waals surface area contributed by atoms with Gasteiger partial charge in [0.15, 0.2) is 0 Å². The number of aryl methyl sites for hydroxylation is 1. The molecule has 4 N–H and O–H groups in total. The Bertz CT molecular complexity index is 1340. The fourth-order valence-electron chi connectivity index (χ4n) is 6.96. The van der Waals surface area contributed by atoms with E-state index in [2.05, 4.69) is 41.2 Å². The zero-order valence-electron chi connectivity index (χ0n) is 33.3. The Kier molecular flexibility index (Phi) is 20.5. The first-order valence-corrected chi connectivity index (χ1v) is 19.7. The minimum absolute atomic E-state index is 0.0902. The zero-order valence-corrected chi connectivity index (χ0v) is 33.3. The average molecular weight is 776 g/mol. The molecule has 0 aromatic carbocycles. The van der Waals surface area contributed by atoms with E-state index in [4.69, 9.17) is 4.98 Å². The highest BCUT2D eigenvalue weighted by atomic mass is 16.4. The SMILES string of the molecule is CN1CCCN(C)CCN(C(=O)CCCC(=O)NCCCc2cc3nc(c2)CN(CC(=O)O)CCN(CC(=O)O)CCN(CC(=O)O)C3)CCCN(C)CC1. The molecule has 1 saturated heterocycles. The highest BCUT2D eigenvalue weighted by molar-refractivity contribution is 5.79. The number of carboxylic acids is 3. The first kappa shape index (κ1) is 45.6. The summed E-state index contributed by atoms with van der Waals surface area (Å²) in [5.41, 5.74) is 2.21. The third-order valence-electron chi connectivity index (χ3n) is 10.1. The van der Waals surface area contributed by atoms with Crippen molar-refractivity contribution in [3.05, 3.63) is 29.1 Å². The van der Waals surface area contributed by atoms with Gasteiger partial charge in [0.1, 0.15) is 0 Å². The van der Waals surface area contributed by atoms with Gasteiger partial charge in [-0.25, -0.2) is 0 Å². The van der Waals surface area contributed by atoms with Crippen molar-refractivity contribution in [3.63, 3.8) is 0 Å². The molecule has 0 atom stereocenters. The van der Waals surface area contributed by atoms with Crippen molar-refractivity contribution >= 4 is 29.7 Å². The van der Waals surface area contributed by atoms with Gasteiger partial charge in [-0.05, 0) is 90.6 Å². The summed E-state index contributed by atoms with van der Waals surface area (Å²) < 4.78 is 0. The summed E-state index contributed by atoms with van der Waals surface area (Å²) in [5.74, 6) is -3.03. The number of carbonyl (C=O) groups excluding carboxylic acids is 2. The van der Waals surface area contributed by atoms with Gasteiger partial charge in [-0.3, -0.25) is 43.7 Å². The first-order valence-electron chi connectivity index (χ1n) is 19.7. The van der Waals surface area contributed by atoms with Crippen molar-refractivity contribution in [2.75, 3.05) is 126 Å². The van der Waals surface area contributed by atoms with Crippen molar-refractivity contribution < 1.29 is 39.3 Å². The maximum absolute atomic E-state index is 13.2. The van der Waals surface area contributed by atoms with Crippen LogP contribution in [-0.4, -0.2) is 210 Å². The van der Waals surface area contributed by atoms with E-state index in [9.17, 15) is 39.3 Å². The fraction of sp³-hybridized carbons (Fsp3) is 0.737. The lowest BCUT2D eigenvalue weighted by Gasteiger charge is -2.29. The average Bonchev–Trinajstić information content (AvgIpc) is 3.10. The van der Waals surface area contributed by atoms with E-state index < -0.39 is 17.9 Å². The van der Waals surface area contributed by atoms with Gasteiger partial charge in [0, 0.05) is 91.4 Å². The smallest absolute Gasteiger partial charge is 0.317 e. The summed E-state index contributed by atoms with van der Waals surface area (Å²) >= 11 is 0. The summed E-state index contributed by atoms with van der Waals surface area (Å²) in [6.07, 6.45) is 4.32. The minimum atomic E-state index is -1.01. The van der Waals surface area contributed by atoms with Crippen LogP contribution >= 0.6 is 0 Å². The van der Waals surface area contributed by atoms with Crippen LogP contribution < -0.4 is 5.32 Å². The molecule has 0 saturated carbocycles. The molecule has 2 bridgehead atoms. The van der Waals surface area contributed by atoms with E-state index in [0.717, 1.165) is 57.7 Å². The standard InChI is InChI=1S/C38H65N9O8/c1-41-12-6-13-43(3)18-23-47(15-7-14-42(2)17-16-41)35(49)10-4-9-34(48)39-11-5-8-31-24-32-26-45(29-37(52)53)21-19-44(28-36(50)51)20-22-46(30-38(54)55)27-33(25-31)40-32/h24-25H,4-23,26-30H2,1-3H3,(H,39,48)(H,50,51)(H,52,53)(H,54,55). The number of aliphatic carboxylic acids is 3. The molecule has 17 heteroatoms. The van der Waals surface area contributed by atoms with Gasteiger partial charge in [-0.15, -0.1) is 0 Å². The number of hydrogen-bond donors (Lipinski definition) is 4. The van der Waals surface area contributed by atoms with Crippen molar-refractivity contribution in [2.45, 2.75) is 58.0 Å². The molecule has 3 rings (SSSR count). The maximum Gasteiger partial charge on any atom is 0.317 e. The van der Waals surface area contributed by atoms with Crippen LogP contribution in [0.3, 0.4) is 0 Å². The van der Waals surface area contributed by atoms with Gasteiger partial charge in [0.25, 0.3) is 0 Å². The lowest BCUT2D eigenvalue weighted by molar-refractivity contribution is -0.140. The van der Waals surface area contributed by atoms with Crippen molar-refractivity contribution in [1.29, 1.82) is 0 Å². The van der Waals surface area contributed by atoms with E-state index in [1.165, 1.54) is 0 Å². The third-order valence-corrected chi connectivity index (χ3v) is 10.1. The first-order chi connectivity index (χ1) is 26.2. The Morgan fingerprint density at radius 2 is 1.07 bits per heavy atom. The number of nitrogens with one attached hydrogen (secondary N) is 1. The maximum atomic E-state index is 13.2. The lowest BCUT2D eigenvalue weighted by atomic mass is 10.1. The molecule has 310 valence electrons. The summed E-state index contributed by atoms with van der Waals surface area (Å²) in [5, 5.41) is 31.5. The molecular formula is C38H65N9O8. The van der Waals surface area contributed by atoms with Gasteiger partial charge in [0.05, 0.1) is 31.0 Å². The van der Waals surface area contributed by atoms with Crippen LogP contribution in [0.15, 0.2) is 12.1 Å². The number of rotatable bonds is 14. The molecule has 0 spiro atoms. The number of hydrogen-bond acceptors (Lipinski definition) is 12. The van der Waals surface area contributed by atoms with Crippen molar-refractivity contribution in [2.24, 2.45) is 0 Å². The number of fused-ring (bicyclic) bond motifs is 2. The third kappa shape index (κ3) is 19.6. The quantitative estimate of drug-likeness (QED) is 0.183. The Hall–Kier alpha value is -3.74. The van der Waals surface area contributed by atoms with Gasteiger partial charge >= 0.3 is 17.9 Å². The number of amides is 2. The normalized spacial score (nSPS) is 19.1. The summed E-state index contributed by atoms with van der Waals surface area (Å²) in [6, 6.07) is 3.81. The summed E-state index contributed by atoms with van der Waals surface area (Å²) in [6.45, 7) is 8.57. The number of pyridine rings is 1. The Morgan fingerprint density at radius 3 is 1.60 bits per heavy atom. The number of likely N-dealkylation sites (N-methyl/N-ethyl adjacent to an activating group) is 3. The molecule has 17 nitrogen and oxygen atoms in total. The molecule has 0 aliphatic carbocycles. The van der Waals surface area contributed by atoms with E-state index in [0.29, 0.717) is 82.9 Å². The number of carbonyl (C=O) groups is 5. The van der Waals surface area contributed by atoms with Crippen LogP contribution in [-0.2, 0) is 43.5 Å². The topological polar surface area (TPSA) is 194 Å². The number of aromatic nitrogens is 1. The highest BCUT2D eigenvalue weighted by Gasteiger charge is 2.21. The Labute approximate surface area is 326 Å². The second-order valence-corrected chi connectivity index (χ2v) is 15.1. The molecule has 3 heterocycles. The number of nitrogens with zero attached hydrogens (tertiary/aromatic N) is 8. The predicted molar refractivity (Wildman–Crippen MR) is 208 cm³/mol. The van der Waals surface area contributed by atoms with Gasteiger partial charge in [-0.2, -0.15) is 0 Å². The van der Waals surface area contributed by atoms with Crippen molar-refractivity contribution in [1.82, 2.24) is 44.6 Å². The van der Waals surface area contributed by atoms with Crippen LogP contribution in [0.4, 0.5) is 0 Å². The largest absolute Gasteiger partial charge is 0.480 e. The molecule has 1 aromatic rings. The summed E-state index contributed by atoms with van der Waals surface area (Å²) in [7, 11) is 6.40. The van der Waals surface area contributed by atoms with E-state index in [-0.39, 0.29) is 51.0 Å². The molecule has 0 unspecified atom stereocenters. The zero-order chi connectivity index (χ0) is 40.2. The Balaban J connectivity index is 1.53. The molecule has 1 aromatic heterocycles. The van der Waals surface area contributed by atoms with Gasteiger partial charge < -0.3 is 40.2 Å². The van der Waals surface area contributed by atoms with Crippen LogP contribution in [0.2, 0.25) is 0 Å². The second-order valence-electron chi connectivity index (χ2n) is 15.1. The van der Waals surface area contributed by atoms with Crippen LogP contribution in [0.1, 0.15) is 55.5 Å². The van der Waals surface area contributed by atoms with Crippen LogP contribution in [0, 0.1) is 0 Å². The Morgan fingerprint density at radius 1 is 0.600 bits per heavy atom. The molecular weight excluding hydrogens is 710 g/mol. The van der Waals surface area contributed by atoms with E-state index >= 15 is 0 Å². The fourth-order valence-corrected chi connectivity index (χ4v) is 6.96. The van der Waals surface area contributed by atoms with E-state index in [1.807, 2.05) is 17.0 Å². The second kappa shape index (κ2) is 24.7. The van der Waals surface area contributed by atoms with Gasteiger partial charge in [-0.1, -0.05) is 0 Å². The van der Waals surface area contributed by atoms with Crippen LogP contribution in [0.25, 0.3) is 0 Å². The molecule has 2 aliphatic heterocycles. The van der Waals surface area contributed by atoms with Crippen LogP contribution in [0.5, 0.6) is 0 Å². The summed E-state index contributed by atoms with van der Waals surface area (Å²) in [4.78, 5) is 79.6. The molecule has 1 fully saturated rings. The molecule has 55 heavy (non-hydrogen) atoms. The predicted octanol–water partition coefficient (Wildman–Crippen LogP) is -0.108. The lowest BCUT2D eigenvalue weighted by Crippen LogP contribution is -2.44. The number of carboxylic acid groups (broad SMARTS) is 3. The van der Waals surface area contributed by atoms with E-state index in [1.54, 1.807) is 14.7 Å². The monoisotopic (exact) mass is 775 g/mol. The minimum Gasteiger partial charge on any atom is -0.480 e. The van der Waals surface area contributed by atoms with Crippen molar-refractivity contribution in [3.8, 4) is 0 Å². The van der Waals surface area contributed by atoms with Gasteiger partial charge in [0.2, 0.25) is 11.8 Å². The molecule has 0 radical (unpaired) electrons.